The fourth-order valence-electron chi connectivity index (χ4n) is 14.4. The van der Waals surface area contributed by atoms with Crippen LogP contribution in [0.3, 0.4) is 0 Å². The Kier molecular flexibility index (Phi) is 20.7. The van der Waals surface area contributed by atoms with Crippen LogP contribution in [-0.4, -0.2) is 53.5 Å². The number of aromatic nitrogens is 9. The van der Waals surface area contributed by atoms with Crippen molar-refractivity contribution < 1.29 is 4.39 Å². The van der Waals surface area contributed by atoms with E-state index in [1.54, 1.807) is 6.07 Å². The van der Waals surface area contributed by atoms with Crippen molar-refractivity contribution in [2.45, 2.75) is 6.42 Å². The highest BCUT2D eigenvalue weighted by atomic mass is 127. The Bertz CT molecular complexity index is 6250. The van der Waals surface area contributed by atoms with Crippen LogP contribution >= 0.6 is 77.0 Å². The van der Waals surface area contributed by atoms with Crippen LogP contribution in [0.15, 0.2) is 349 Å². The molecule has 9 nitrogen and oxygen atoms in total. The first kappa shape index (κ1) is 70.2. The SMILES string of the molecule is Brc1ccc2c(c1)-c1ccccc1C2.Brc1ccc2c(c1)c1ccccc1n2-c1ccc(-c2nc(-c3ccccc3)nc(-c3ccccc3)n2)cc1-n1c2ccccc2c2ccccc21.CI.CI.Fc1ccc(-c2nc(-c3ccccc3)nc(-c3ccccc3)n2)cc1-n1c2ccccc2c2ccccc21. The fourth-order valence-corrected chi connectivity index (χ4v) is 15.1. The molecule has 20 rings (SSSR count). The predicted octanol–water partition coefficient (Wildman–Crippen LogP) is 26.1. The zero-order chi connectivity index (χ0) is 72.9. The molecule has 0 spiro atoms. The molecule has 107 heavy (non-hydrogen) atoms. The molecule has 0 saturated carbocycles. The summed E-state index contributed by atoms with van der Waals surface area (Å²) >= 11 is 11.5. The number of halogens is 5. The molecule has 14 heteroatoms. The molecular weight excluding hydrogens is 1680 g/mol. The summed E-state index contributed by atoms with van der Waals surface area (Å²) in [5, 5.41) is 6.94. The van der Waals surface area contributed by atoms with Gasteiger partial charge in [0.05, 0.1) is 50.2 Å². The molecule has 516 valence electrons. The van der Waals surface area contributed by atoms with Crippen molar-refractivity contribution in [3.05, 3.63) is 366 Å². The Labute approximate surface area is 662 Å². The zero-order valence-electron chi connectivity index (χ0n) is 58.0. The van der Waals surface area contributed by atoms with Crippen LogP contribution in [0.5, 0.6) is 0 Å². The van der Waals surface area contributed by atoms with E-state index in [-0.39, 0.29) is 5.82 Å². The molecule has 5 heterocycles. The van der Waals surface area contributed by atoms with Crippen LogP contribution in [0.25, 0.3) is 162 Å². The van der Waals surface area contributed by atoms with Gasteiger partial charge in [0, 0.05) is 74.6 Å². The minimum Gasteiger partial charge on any atom is -0.307 e. The molecule has 0 N–H and O–H groups in total. The number of hydrogen-bond donors (Lipinski definition) is 0. The summed E-state index contributed by atoms with van der Waals surface area (Å²) in [7, 11) is 0. The molecule has 0 bridgehead atoms. The van der Waals surface area contributed by atoms with E-state index in [2.05, 4.69) is 250 Å². The van der Waals surface area contributed by atoms with Crippen molar-refractivity contribution in [2.75, 3.05) is 9.86 Å². The van der Waals surface area contributed by atoms with E-state index >= 15 is 4.39 Å². The van der Waals surface area contributed by atoms with Gasteiger partial charge in [-0.3, -0.25) is 0 Å². The molecule has 0 saturated heterocycles. The van der Waals surface area contributed by atoms with Crippen LogP contribution in [-0.2, 0) is 6.42 Å². The topological polar surface area (TPSA) is 92.1 Å². The number of benzene rings is 14. The molecule has 1 aliphatic carbocycles. The van der Waals surface area contributed by atoms with Crippen molar-refractivity contribution >= 4 is 142 Å². The van der Waals surface area contributed by atoms with Gasteiger partial charge in [-0.2, -0.15) is 0 Å². The van der Waals surface area contributed by atoms with E-state index in [4.69, 9.17) is 29.9 Å². The van der Waals surface area contributed by atoms with Gasteiger partial charge in [-0.15, -0.1) is 0 Å². The minimum atomic E-state index is -0.319. The van der Waals surface area contributed by atoms with Crippen LogP contribution < -0.4 is 0 Å². The van der Waals surface area contributed by atoms with Crippen LogP contribution in [0.2, 0.25) is 0 Å². The van der Waals surface area contributed by atoms with Crippen molar-refractivity contribution in [3.8, 4) is 96.5 Å². The smallest absolute Gasteiger partial charge is 0.164 e. The third kappa shape index (κ3) is 13.9. The first-order chi connectivity index (χ1) is 52.8. The van der Waals surface area contributed by atoms with Crippen LogP contribution in [0, 0.1) is 5.82 Å². The van der Waals surface area contributed by atoms with E-state index in [9.17, 15) is 0 Å². The highest BCUT2D eigenvalue weighted by molar-refractivity contribution is 14.1. The van der Waals surface area contributed by atoms with Crippen molar-refractivity contribution in [1.82, 2.24) is 43.6 Å². The van der Waals surface area contributed by atoms with Crippen molar-refractivity contribution in [3.63, 3.8) is 0 Å². The number of nitrogens with zero attached hydrogens (tertiary/aromatic N) is 9. The summed E-state index contributed by atoms with van der Waals surface area (Å²) in [6, 6.07) is 115. The molecular formula is C93H64Br2FI2N9. The summed E-state index contributed by atoms with van der Waals surface area (Å²) < 4.78 is 24.5. The maximum atomic E-state index is 15.5. The molecule has 1 aliphatic rings. The molecule has 0 unspecified atom stereocenters. The Morgan fingerprint density at radius 3 is 1.00 bits per heavy atom. The molecule has 0 amide bonds. The predicted molar refractivity (Wildman–Crippen MR) is 465 cm³/mol. The lowest BCUT2D eigenvalue weighted by molar-refractivity contribution is 0.621. The van der Waals surface area contributed by atoms with E-state index < -0.39 is 0 Å². The molecule has 0 aliphatic heterocycles. The van der Waals surface area contributed by atoms with Gasteiger partial charge >= 0.3 is 0 Å². The van der Waals surface area contributed by atoms with Crippen molar-refractivity contribution in [1.29, 1.82) is 0 Å². The van der Waals surface area contributed by atoms with E-state index in [0.29, 0.717) is 46.2 Å². The lowest BCUT2D eigenvalue weighted by Gasteiger charge is -2.18. The number of fused-ring (bicyclic) bond motifs is 12. The standard InChI is InChI=1S/C45H28BrN5.C33H21FN4.C13H9Br.2CH3I/c46-32-24-26-40-36(28-32)35-19-9-12-22-39(35)50(40)41-25-23-31(27-42(41)51-37-20-10-7-17-33(37)34-18-8-11-21-38(34)51)45-48-43(29-13-3-1-4-14-29)47-44(49-45)30-15-5-2-6-16-30;34-27-20-19-24(21-30(27)38-28-17-9-7-15-25(28)26-16-8-10-18-29(26)38)33-36-31(22-11-3-1-4-12-22)35-32(37-33)23-13-5-2-6-14-23;14-11-6-5-10-7-9-3-1-2-4-12(9)13(10)8-11;2*1-2/h1-28H;1-21H;1-6,8H,7H2;2*1H3. The second-order valence-corrected chi connectivity index (χ2v) is 27.2. The molecule has 19 aromatic rings. The third-order valence-corrected chi connectivity index (χ3v) is 20.1. The summed E-state index contributed by atoms with van der Waals surface area (Å²) in [6.45, 7) is 0. The first-order valence-electron chi connectivity index (χ1n) is 34.8. The highest BCUT2D eigenvalue weighted by Crippen LogP contribution is 2.43. The Morgan fingerprint density at radius 1 is 0.252 bits per heavy atom. The molecule has 5 aromatic heterocycles. The van der Waals surface area contributed by atoms with E-state index in [0.717, 1.165) is 98.4 Å². The van der Waals surface area contributed by atoms with E-state index in [1.807, 2.05) is 178 Å². The monoisotopic (exact) mass is 1740 g/mol. The Hall–Kier alpha value is -11.2. The summed E-state index contributed by atoms with van der Waals surface area (Å²) in [5.74, 6) is 3.18. The Balaban J connectivity index is 0.000000136. The fraction of sp³-hybridized carbons (Fsp3) is 0.0323. The normalized spacial score (nSPS) is 11.3. The first-order valence-corrected chi connectivity index (χ1v) is 40.7. The third-order valence-electron chi connectivity index (χ3n) is 19.1. The van der Waals surface area contributed by atoms with Gasteiger partial charge in [-0.25, -0.2) is 34.3 Å². The van der Waals surface area contributed by atoms with Gasteiger partial charge in [0.25, 0.3) is 0 Å². The van der Waals surface area contributed by atoms with Crippen molar-refractivity contribution in [2.24, 2.45) is 0 Å². The van der Waals surface area contributed by atoms with Crippen LogP contribution in [0.1, 0.15) is 11.1 Å². The summed E-state index contributed by atoms with van der Waals surface area (Å²) in [6.07, 6.45) is 1.08. The Morgan fingerprint density at radius 2 is 0.561 bits per heavy atom. The zero-order valence-corrected chi connectivity index (χ0v) is 65.4. The molecule has 0 atom stereocenters. The molecule has 0 radical (unpaired) electrons. The van der Waals surface area contributed by atoms with Gasteiger partial charge in [0.15, 0.2) is 34.9 Å². The van der Waals surface area contributed by atoms with Gasteiger partial charge in [-0.05, 0) is 136 Å². The second-order valence-electron chi connectivity index (χ2n) is 25.3. The van der Waals surface area contributed by atoms with E-state index in [1.165, 1.54) is 49.9 Å². The number of para-hydroxylation sites is 5. The summed E-state index contributed by atoms with van der Waals surface area (Å²) in [5.41, 5.74) is 19.9. The van der Waals surface area contributed by atoms with Gasteiger partial charge < -0.3 is 13.7 Å². The maximum Gasteiger partial charge on any atom is 0.164 e. The van der Waals surface area contributed by atoms with Gasteiger partial charge in [-0.1, -0.05) is 320 Å². The lowest BCUT2D eigenvalue weighted by Crippen LogP contribution is -2.05. The average molecular weight is 1740 g/mol. The maximum absolute atomic E-state index is 15.5. The van der Waals surface area contributed by atoms with Crippen LogP contribution in [0.4, 0.5) is 4.39 Å². The molecule has 14 aromatic carbocycles. The lowest BCUT2D eigenvalue weighted by atomic mass is 10.1. The quantitative estimate of drug-likeness (QED) is 0.106. The van der Waals surface area contributed by atoms with Gasteiger partial charge in [0.2, 0.25) is 0 Å². The summed E-state index contributed by atoms with van der Waals surface area (Å²) in [4.78, 5) is 33.5. The second kappa shape index (κ2) is 31.5. The highest BCUT2D eigenvalue weighted by Gasteiger charge is 2.24. The molecule has 0 fully saturated rings. The number of rotatable bonds is 9. The number of hydrogen-bond acceptors (Lipinski definition) is 6. The number of alkyl halides is 2. The minimum absolute atomic E-state index is 0.319. The van der Waals surface area contributed by atoms with Gasteiger partial charge in [0.1, 0.15) is 5.82 Å². The largest absolute Gasteiger partial charge is 0.307 e. The average Bonchev–Trinajstić information content (AvgIpc) is 1.57.